The third-order valence-corrected chi connectivity index (χ3v) is 5.86. The van der Waals surface area contributed by atoms with Crippen LogP contribution in [0.2, 0.25) is 0 Å². The van der Waals surface area contributed by atoms with Crippen molar-refractivity contribution in [2.45, 2.75) is 24.7 Å². The molecular weight excluding hydrogens is 374 g/mol. The van der Waals surface area contributed by atoms with E-state index in [0.29, 0.717) is 12.5 Å². The summed E-state index contributed by atoms with van der Waals surface area (Å²) in [4.78, 5) is 13.3. The van der Waals surface area contributed by atoms with Crippen LogP contribution in [0, 0.1) is 5.92 Å². The summed E-state index contributed by atoms with van der Waals surface area (Å²) in [6, 6.07) is 21.3. The van der Waals surface area contributed by atoms with Crippen molar-refractivity contribution in [3.8, 4) is 0 Å². The highest BCUT2D eigenvalue weighted by Gasteiger charge is 2.42. The van der Waals surface area contributed by atoms with E-state index in [4.69, 9.17) is 9.84 Å². The molecule has 0 aromatic heterocycles. The molecule has 0 unspecified atom stereocenters. The minimum absolute atomic E-state index is 0. The van der Waals surface area contributed by atoms with E-state index < -0.39 is 5.97 Å². The van der Waals surface area contributed by atoms with Crippen LogP contribution in [-0.2, 0) is 14.9 Å². The van der Waals surface area contributed by atoms with Gasteiger partial charge in [-0.1, -0.05) is 60.7 Å². The molecule has 0 amide bonds. The van der Waals surface area contributed by atoms with Gasteiger partial charge in [0.05, 0.1) is 0 Å². The fraction of sp³-hybridized carbons (Fsp3) is 0.435. The Kier molecular flexibility index (Phi) is 8.49. The molecule has 3 rings (SSSR count). The van der Waals surface area contributed by atoms with Crippen LogP contribution in [-0.4, -0.2) is 49.3 Å². The number of piperidine rings is 1. The predicted molar refractivity (Wildman–Crippen MR) is 114 cm³/mol. The lowest BCUT2D eigenvalue weighted by Gasteiger charge is -2.45. The van der Waals surface area contributed by atoms with Gasteiger partial charge >= 0.3 is 5.97 Å². The number of hydrogen-bond acceptors (Lipinski definition) is 3. The van der Waals surface area contributed by atoms with E-state index in [1.165, 1.54) is 11.1 Å². The Morgan fingerprint density at radius 1 is 1.04 bits per heavy atom. The van der Waals surface area contributed by atoms with Crippen molar-refractivity contribution >= 4 is 18.4 Å². The Morgan fingerprint density at radius 3 is 2.00 bits per heavy atom. The summed E-state index contributed by atoms with van der Waals surface area (Å²) in [7, 11) is 2.18. The van der Waals surface area contributed by atoms with Gasteiger partial charge in [-0.05, 0) is 56.4 Å². The van der Waals surface area contributed by atoms with Crippen LogP contribution >= 0.6 is 12.4 Å². The molecule has 152 valence electrons. The number of hydrogen-bond donors (Lipinski definition) is 1. The standard InChI is InChI=1S/C23H29NO3.ClH/c1-24-15-12-21(13-16-24)23(14-17-27-18-22(25)26,19-8-4-2-5-9-19)20-10-6-3-7-11-20;/h2-11,21H,12-18H2,1H3,(H,25,26);1H. The lowest BCUT2D eigenvalue weighted by Crippen LogP contribution is -2.44. The van der Waals surface area contributed by atoms with Crippen LogP contribution in [0.15, 0.2) is 60.7 Å². The minimum atomic E-state index is -0.917. The van der Waals surface area contributed by atoms with Crippen molar-refractivity contribution in [1.82, 2.24) is 4.90 Å². The fourth-order valence-corrected chi connectivity index (χ4v) is 4.50. The maximum absolute atomic E-state index is 10.9. The minimum Gasteiger partial charge on any atom is -0.480 e. The molecule has 1 aliphatic rings. The van der Waals surface area contributed by atoms with Gasteiger partial charge in [-0.15, -0.1) is 12.4 Å². The molecule has 0 spiro atoms. The topological polar surface area (TPSA) is 49.8 Å². The van der Waals surface area contributed by atoms with Crippen molar-refractivity contribution in [3.63, 3.8) is 0 Å². The van der Waals surface area contributed by atoms with Gasteiger partial charge in [0.2, 0.25) is 0 Å². The van der Waals surface area contributed by atoms with Gasteiger partial charge in [-0.2, -0.15) is 0 Å². The highest BCUT2D eigenvalue weighted by molar-refractivity contribution is 5.85. The predicted octanol–water partition coefficient (Wildman–Crippen LogP) is 4.23. The van der Waals surface area contributed by atoms with E-state index in [-0.39, 0.29) is 24.4 Å². The van der Waals surface area contributed by atoms with Crippen LogP contribution in [0.5, 0.6) is 0 Å². The van der Waals surface area contributed by atoms with Crippen molar-refractivity contribution in [3.05, 3.63) is 71.8 Å². The van der Waals surface area contributed by atoms with Crippen LogP contribution in [0.25, 0.3) is 0 Å². The molecule has 5 heteroatoms. The van der Waals surface area contributed by atoms with Gasteiger partial charge in [0.15, 0.2) is 0 Å². The van der Waals surface area contributed by atoms with Gasteiger partial charge in [-0.25, -0.2) is 4.79 Å². The number of likely N-dealkylation sites (tertiary alicyclic amines) is 1. The highest BCUT2D eigenvalue weighted by Crippen LogP contribution is 2.46. The van der Waals surface area contributed by atoms with Crippen LogP contribution in [0.1, 0.15) is 30.4 Å². The molecule has 0 saturated carbocycles. The summed E-state index contributed by atoms with van der Waals surface area (Å²) < 4.78 is 5.50. The van der Waals surface area contributed by atoms with Crippen molar-refractivity contribution in [2.75, 3.05) is 33.4 Å². The lowest BCUT2D eigenvalue weighted by atomic mass is 9.61. The van der Waals surface area contributed by atoms with E-state index in [0.717, 1.165) is 32.4 Å². The van der Waals surface area contributed by atoms with E-state index in [2.05, 4.69) is 72.6 Å². The third kappa shape index (κ3) is 5.13. The Balaban J connectivity index is 0.00000280. The summed E-state index contributed by atoms with van der Waals surface area (Å²) in [5, 5.41) is 8.92. The first-order valence-electron chi connectivity index (χ1n) is 9.72. The molecule has 2 aromatic carbocycles. The largest absolute Gasteiger partial charge is 0.480 e. The number of aliphatic carboxylic acids is 1. The number of carboxylic acid groups (broad SMARTS) is 1. The first-order chi connectivity index (χ1) is 13.1. The molecule has 2 aromatic rings. The molecule has 4 nitrogen and oxygen atoms in total. The molecule has 0 aliphatic carbocycles. The van der Waals surface area contributed by atoms with Gasteiger partial charge in [-0.3, -0.25) is 0 Å². The maximum Gasteiger partial charge on any atom is 0.329 e. The number of carboxylic acids is 1. The Hall–Kier alpha value is -1.88. The molecule has 0 radical (unpaired) electrons. The average molecular weight is 404 g/mol. The van der Waals surface area contributed by atoms with Gasteiger partial charge in [0, 0.05) is 12.0 Å². The zero-order valence-electron chi connectivity index (χ0n) is 16.4. The van der Waals surface area contributed by atoms with Crippen molar-refractivity contribution in [2.24, 2.45) is 5.92 Å². The summed E-state index contributed by atoms with van der Waals surface area (Å²) in [6.45, 7) is 2.36. The average Bonchev–Trinajstić information content (AvgIpc) is 2.70. The first-order valence-corrected chi connectivity index (χ1v) is 9.72. The molecular formula is C23H30ClNO3. The van der Waals surface area contributed by atoms with Crippen LogP contribution in [0.4, 0.5) is 0 Å². The van der Waals surface area contributed by atoms with Gasteiger partial charge in [0.1, 0.15) is 6.61 Å². The van der Waals surface area contributed by atoms with Crippen LogP contribution < -0.4 is 0 Å². The summed E-state index contributed by atoms with van der Waals surface area (Å²) in [5.74, 6) is -0.425. The molecule has 1 heterocycles. The van der Waals surface area contributed by atoms with Gasteiger partial charge < -0.3 is 14.7 Å². The monoisotopic (exact) mass is 403 g/mol. The second-order valence-corrected chi connectivity index (χ2v) is 7.48. The second-order valence-electron chi connectivity index (χ2n) is 7.48. The SMILES string of the molecule is CN1CCC(C(CCOCC(=O)O)(c2ccccc2)c2ccccc2)CC1.Cl. The number of halogens is 1. The summed E-state index contributed by atoms with van der Waals surface area (Å²) >= 11 is 0. The zero-order valence-corrected chi connectivity index (χ0v) is 17.2. The first kappa shape index (κ1) is 22.4. The number of carbonyl (C=O) groups is 1. The summed E-state index contributed by atoms with van der Waals surface area (Å²) in [5.41, 5.74) is 2.43. The normalized spacial score (nSPS) is 15.8. The number of ether oxygens (including phenoxy) is 1. The lowest BCUT2D eigenvalue weighted by molar-refractivity contribution is -0.142. The number of rotatable bonds is 8. The third-order valence-electron chi connectivity index (χ3n) is 5.86. The Bertz CT molecular complexity index is 676. The Labute approximate surface area is 173 Å². The Morgan fingerprint density at radius 2 is 1.54 bits per heavy atom. The van der Waals surface area contributed by atoms with E-state index in [1.54, 1.807) is 0 Å². The van der Waals surface area contributed by atoms with Crippen molar-refractivity contribution < 1.29 is 14.6 Å². The van der Waals surface area contributed by atoms with Gasteiger partial charge in [0.25, 0.3) is 0 Å². The molecule has 1 aliphatic heterocycles. The molecule has 1 fully saturated rings. The van der Waals surface area contributed by atoms with E-state index in [9.17, 15) is 4.79 Å². The molecule has 28 heavy (non-hydrogen) atoms. The molecule has 1 N–H and O–H groups in total. The van der Waals surface area contributed by atoms with E-state index >= 15 is 0 Å². The summed E-state index contributed by atoms with van der Waals surface area (Å²) in [6.07, 6.45) is 3.03. The smallest absolute Gasteiger partial charge is 0.329 e. The molecule has 0 atom stereocenters. The number of nitrogens with zero attached hydrogens (tertiary/aromatic N) is 1. The maximum atomic E-state index is 10.9. The number of benzene rings is 2. The van der Waals surface area contributed by atoms with E-state index in [1.807, 2.05) is 0 Å². The molecule has 0 bridgehead atoms. The van der Waals surface area contributed by atoms with Crippen molar-refractivity contribution in [1.29, 1.82) is 0 Å². The highest BCUT2D eigenvalue weighted by atomic mass is 35.5. The molecule has 1 saturated heterocycles. The fourth-order valence-electron chi connectivity index (χ4n) is 4.50. The second kappa shape index (κ2) is 10.6. The zero-order chi connectivity index (χ0) is 19.1. The quantitative estimate of drug-likeness (QED) is 0.670. The van der Waals surface area contributed by atoms with Crippen LogP contribution in [0.3, 0.4) is 0 Å².